The average Bonchev–Trinajstić information content (AvgIpc) is 3.30. The third-order valence-electron chi connectivity index (χ3n) is 7.11. The lowest BCUT2D eigenvalue weighted by Crippen LogP contribution is -2.50. The van der Waals surface area contributed by atoms with Crippen molar-refractivity contribution in [3.63, 3.8) is 0 Å². The van der Waals surface area contributed by atoms with Gasteiger partial charge >= 0.3 is 0 Å². The molecule has 2 aromatic heterocycles. The van der Waals surface area contributed by atoms with Gasteiger partial charge in [-0.1, -0.05) is 12.1 Å². The number of fused-ring (bicyclic) bond motifs is 2. The standard InChI is InChI=1S/C22H32N4O2S/c1-4-18-9-19-20(29-18)5-8-28-22(19)6-7-25(15(2)10-22)13-16-14-26(24-23-16)17-11-21(3,27)12-17/h9,14-15,17,27H,4-8,10-13H2,1-3H3/t15-,17?,21?,22+/m0/s1. The zero-order chi connectivity index (χ0) is 20.2. The molecule has 1 saturated carbocycles. The molecule has 4 heterocycles. The second-order valence-corrected chi connectivity index (χ2v) is 10.7. The summed E-state index contributed by atoms with van der Waals surface area (Å²) in [6.45, 7) is 9.15. The predicted octanol–water partition coefficient (Wildman–Crippen LogP) is 3.44. The first-order valence-electron chi connectivity index (χ1n) is 11.0. The van der Waals surface area contributed by atoms with Gasteiger partial charge in [-0.05, 0) is 57.6 Å². The molecular weight excluding hydrogens is 384 g/mol. The van der Waals surface area contributed by atoms with Gasteiger partial charge in [-0.25, -0.2) is 4.68 Å². The van der Waals surface area contributed by atoms with Gasteiger partial charge < -0.3 is 9.84 Å². The van der Waals surface area contributed by atoms with Gasteiger partial charge in [-0.2, -0.15) is 0 Å². The molecule has 3 aliphatic rings. The predicted molar refractivity (Wildman–Crippen MR) is 113 cm³/mol. The number of ether oxygens (including phenoxy) is 1. The molecule has 2 atom stereocenters. The van der Waals surface area contributed by atoms with Gasteiger partial charge in [0.2, 0.25) is 0 Å². The van der Waals surface area contributed by atoms with Crippen LogP contribution in [0.4, 0.5) is 0 Å². The van der Waals surface area contributed by atoms with E-state index in [4.69, 9.17) is 4.74 Å². The van der Waals surface area contributed by atoms with Crippen molar-refractivity contribution in [1.82, 2.24) is 19.9 Å². The maximum absolute atomic E-state index is 9.97. The van der Waals surface area contributed by atoms with E-state index in [0.717, 1.165) is 63.9 Å². The maximum Gasteiger partial charge on any atom is 0.0969 e. The highest BCUT2D eigenvalue weighted by atomic mass is 32.1. The molecule has 5 rings (SSSR count). The third kappa shape index (κ3) is 3.56. The van der Waals surface area contributed by atoms with E-state index >= 15 is 0 Å². The Morgan fingerprint density at radius 2 is 2.17 bits per heavy atom. The van der Waals surface area contributed by atoms with E-state index in [2.05, 4.69) is 41.3 Å². The summed E-state index contributed by atoms with van der Waals surface area (Å²) in [6, 6.07) is 3.14. The third-order valence-corrected chi connectivity index (χ3v) is 8.45. The lowest BCUT2D eigenvalue weighted by Gasteiger charge is -2.47. The molecule has 1 spiro atoms. The summed E-state index contributed by atoms with van der Waals surface area (Å²) >= 11 is 1.99. The number of hydrogen-bond donors (Lipinski definition) is 1. The normalized spacial score (nSPS) is 34.9. The van der Waals surface area contributed by atoms with Gasteiger partial charge in [0.05, 0.1) is 35.7 Å². The molecule has 2 aliphatic heterocycles. The van der Waals surface area contributed by atoms with Crippen molar-refractivity contribution in [3.05, 3.63) is 33.3 Å². The van der Waals surface area contributed by atoms with Crippen molar-refractivity contribution in [3.8, 4) is 0 Å². The summed E-state index contributed by atoms with van der Waals surface area (Å²) in [5.41, 5.74) is 1.86. The maximum atomic E-state index is 9.97. The molecule has 2 aromatic rings. The summed E-state index contributed by atoms with van der Waals surface area (Å²) in [6.07, 6.45) is 7.86. The van der Waals surface area contributed by atoms with Crippen molar-refractivity contribution in [2.24, 2.45) is 0 Å². The highest BCUT2D eigenvalue weighted by Gasteiger charge is 2.44. The van der Waals surface area contributed by atoms with Crippen molar-refractivity contribution in [2.75, 3.05) is 13.2 Å². The van der Waals surface area contributed by atoms with E-state index in [0.29, 0.717) is 6.04 Å². The molecule has 0 bridgehead atoms. The number of piperidine rings is 1. The van der Waals surface area contributed by atoms with E-state index in [1.54, 1.807) is 4.88 Å². The molecule has 158 valence electrons. The number of nitrogens with zero attached hydrogens (tertiary/aromatic N) is 4. The fourth-order valence-electron chi connectivity index (χ4n) is 5.42. The van der Waals surface area contributed by atoms with Gasteiger partial charge in [-0.3, -0.25) is 4.90 Å². The van der Waals surface area contributed by atoms with Crippen LogP contribution in [0.3, 0.4) is 0 Å². The quantitative estimate of drug-likeness (QED) is 0.827. The minimum Gasteiger partial charge on any atom is -0.390 e. The first kappa shape index (κ1) is 19.7. The smallest absolute Gasteiger partial charge is 0.0969 e. The van der Waals surface area contributed by atoms with Crippen LogP contribution < -0.4 is 0 Å². The minimum absolute atomic E-state index is 0.0947. The first-order chi connectivity index (χ1) is 13.9. The Balaban J connectivity index is 1.26. The monoisotopic (exact) mass is 416 g/mol. The van der Waals surface area contributed by atoms with E-state index < -0.39 is 5.60 Å². The van der Waals surface area contributed by atoms with Crippen LogP contribution in [0.5, 0.6) is 0 Å². The van der Waals surface area contributed by atoms with Gasteiger partial charge in [0.1, 0.15) is 0 Å². The number of aryl methyl sites for hydroxylation is 1. The second-order valence-electron chi connectivity index (χ2n) is 9.52. The van der Waals surface area contributed by atoms with Crippen LogP contribution in [0.2, 0.25) is 0 Å². The van der Waals surface area contributed by atoms with Crippen LogP contribution in [0.1, 0.15) is 73.5 Å². The van der Waals surface area contributed by atoms with Crippen LogP contribution >= 0.6 is 11.3 Å². The molecule has 7 heteroatoms. The summed E-state index contributed by atoms with van der Waals surface area (Å²) in [7, 11) is 0. The summed E-state index contributed by atoms with van der Waals surface area (Å²) < 4.78 is 8.40. The highest BCUT2D eigenvalue weighted by molar-refractivity contribution is 7.12. The van der Waals surface area contributed by atoms with Crippen LogP contribution in [0, 0.1) is 0 Å². The lowest BCUT2D eigenvalue weighted by atomic mass is 9.77. The number of aromatic nitrogens is 3. The molecule has 2 fully saturated rings. The van der Waals surface area contributed by atoms with Gasteiger partial charge in [0, 0.05) is 35.3 Å². The second kappa shape index (κ2) is 7.15. The van der Waals surface area contributed by atoms with Crippen LogP contribution in [-0.4, -0.2) is 49.8 Å². The molecular formula is C22H32N4O2S. The van der Waals surface area contributed by atoms with Crippen molar-refractivity contribution in [1.29, 1.82) is 0 Å². The van der Waals surface area contributed by atoms with E-state index in [-0.39, 0.29) is 11.6 Å². The number of likely N-dealkylation sites (tertiary alicyclic amines) is 1. The molecule has 1 saturated heterocycles. The minimum atomic E-state index is -0.537. The van der Waals surface area contributed by atoms with Crippen LogP contribution in [-0.2, 0) is 29.7 Å². The van der Waals surface area contributed by atoms with Crippen LogP contribution in [0.15, 0.2) is 12.3 Å². The Morgan fingerprint density at radius 1 is 1.34 bits per heavy atom. The zero-order valence-electron chi connectivity index (χ0n) is 17.7. The fraction of sp³-hybridized carbons (Fsp3) is 0.727. The Bertz CT molecular complexity index is 883. The Labute approximate surface area is 176 Å². The molecule has 1 aliphatic carbocycles. The first-order valence-corrected chi connectivity index (χ1v) is 11.8. The number of aliphatic hydroxyl groups is 1. The molecule has 0 unspecified atom stereocenters. The Kier molecular flexibility index (Phi) is 4.85. The zero-order valence-corrected chi connectivity index (χ0v) is 18.5. The summed E-state index contributed by atoms with van der Waals surface area (Å²) in [5, 5.41) is 18.7. The van der Waals surface area contributed by atoms with Crippen molar-refractivity contribution >= 4 is 11.3 Å². The van der Waals surface area contributed by atoms with Gasteiger partial charge in [0.25, 0.3) is 0 Å². The van der Waals surface area contributed by atoms with Crippen LogP contribution in [0.25, 0.3) is 0 Å². The van der Waals surface area contributed by atoms with Gasteiger partial charge in [0.15, 0.2) is 0 Å². The summed E-state index contributed by atoms with van der Waals surface area (Å²) in [4.78, 5) is 5.55. The molecule has 6 nitrogen and oxygen atoms in total. The molecule has 0 radical (unpaired) electrons. The Morgan fingerprint density at radius 3 is 2.90 bits per heavy atom. The number of thiophene rings is 1. The number of rotatable bonds is 4. The fourth-order valence-corrected chi connectivity index (χ4v) is 6.60. The largest absolute Gasteiger partial charge is 0.390 e. The average molecular weight is 417 g/mol. The van der Waals surface area contributed by atoms with Crippen molar-refractivity contribution in [2.45, 2.75) is 89.1 Å². The molecule has 0 aromatic carbocycles. The topological polar surface area (TPSA) is 63.4 Å². The molecule has 1 N–H and O–H groups in total. The van der Waals surface area contributed by atoms with E-state index in [1.807, 2.05) is 22.9 Å². The van der Waals surface area contributed by atoms with Gasteiger partial charge in [-0.15, -0.1) is 16.4 Å². The van der Waals surface area contributed by atoms with E-state index in [9.17, 15) is 5.11 Å². The molecule has 0 amide bonds. The van der Waals surface area contributed by atoms with E-state index in [1.165, 1.54) is 10.4 Å². The summed E-state index contributed by atoms with van der Waals surface area (Å²) in [5.74, 6) is 0. The lowest BCUT2D eigenvalue weighted by molar-refractivity contribution is -0.112. The molecule has 29 heavy (non-hydrogen) atoms. The highest BCUT2D eigenvalue weighted by Crippen LogP contribution is 2.46. The SMILES string of the molecule is CCc1cc2c(s1)CCO[C@@]21CCN(Cc2cn(C3CC(C)(O)C3)nn2)[C@@H](C)C1. The Hall–Kier alpha value is -1.28. The van der Waals surface area contributed by atoms with Crippen molar-refractivity contribution < 1.29 is 9.84 Å². The number of hydrogen-bond acceptors (Lipinski definition) is 6.